The van der Waals surface area contributed by atoms with Crippen molar-refractivity contribution >= 4 is 11.9 Å². The Morgan fingerprint density at radius 1 is 1.00 bits per heavy atom. The highest BCUT2D eigenvalue weighted by Crippen LogP contribution is 2.11. The van der Waals surface area contributed by atoms with Crippen molar-refractivity contribution in [1.82, 2.24) is 5.32 Å². The lowest BCUT2D eigenvalue weighted by molar-refractivity contribution is 0.103. The zero-order valence-corrected chi connectivity index (χ0v) is 11.8. The average Bonchev–Trinajstić information content (AvgIpc) is 2.81. The SMILES string of the molecule is CC1(NC(=O)O)N=c2ccc(C(=O)c3ccccc3)cc2=N1. The van der Waals surface area contributed by atoms with E-state index in [0.717, 1.165) is 0 Å². The molecule has 1 aliphatic rings. The Hall–Kier alpha value is -3.02. The van der Waals surface area contributed by atoms with Crippen molar-refractivity contribution in [2.45, 2.75) is 12.7 Å². The predicted octanol–water partition coefficient (Wildman–Crippen LogP) is 1.11. The Morgan fingerprint density at radius 2 is 1.68 bits per heavy atom. The predicted molar refractivity (Wildman–Crippen MR) is 78.2 cm³/mol. The normalized spacial score (nSPS) is 18.8. The summed E-state index contributed by atoms with van der Waals surface area (Å²) < 4.78 is 0. The third-order valence-corrected chi connectivity index (χ3v) is 3.29. The fraction of sp³-hybridized carbons (Fsp3) is 0.125. The Labute approximate surface area is 125 Å². The number of ketones is 1. The molecule has 0 bridgehead atoms. The van der Waals surface area contributed by atoms with Gasteiger partial charge in [-0.1, -0.05) is 30.3 Å². The van der Waals surface area contributed by atoms with E-state index < -0.39 is 11.9 Å². The summed E-state index contributed by atoms with van der Waals surface area (Å²) in [6.45, 7) is 1.56. The lowest BCUT2D eigenvalue weighted by Gasteiger charge is -2.16. The van der Waals surface area contributed by atoms with E-state index in [0.29, 0.717) is 21.8 Å². The van der Waals surface area contributed by atoms with Gasteiger partial charge >= 0.3 is 6.09 Å². The Balaban J connectivity index is 2.00. The van der Waals surface area contributed by atoms with Gasteiger partial charge in [-0.2, -0.15) is 0 Å². The lowest BCUT2D eigenvalue weighted by Crippen LogP contribution is -2.41. The molecule has 0 aromatic heterocycles. The Bertz CT molecular complexity index is 877. The molecule has 22 heavy (non-hydrogen) atoms. The van der Waals surface area contributed by atoms with Crippen LogP contribution in [0, 0.1) is 0 Å². The molecule has 1 aliphatic heterocycles. The highest BCUT2D eigenvalue weighted by molar-refractivity contribution is 6.08. The molecule has 1 atom stereocenters. The molecule has 0 radical (unpaired) electrons. The second-order valence-corrected chi connectivity index (χ2v) is 5.07. The van der Waals surface area contributed by atoms with Gasteiger partial charge in [-0.3, -0.25) is 10.1 Å². The number of hydrogen-bond donors (Lipinski definition) is 2. The van der Waals surface area contributed by atoms with Crippen LogP contribution in [-0.4, -0.2) is 22.8 Å². The standard InChI is InChI=1S/C16H13N3O3/c1-16(19-15(21)22)17-12-8-7-11(9-13(12)18-16)14(20)10-5-3-2-4-6-10/h2-9,19H,1H3,(H,21,22). The molecule has 2 aromatic rings. The van der Waals surface area contributed by atoms with Crippen molar-refractivity contribution in [3.8, 4) is 0 Å². The van der Waals surface area contributed by atoms with Gasteiger partial charge in [-0.05, 0) is 18.2 Å². The monoisotopic (exact) mass is 295 g/mol. The second kappa shape index (κ2) is 5.07. The van der Waals surface area contributed by atoms with Gasteiger partial charge in [0.1, 0.15) is 0 Å². The molecule has 110 valence electrons. The molecule has 0 spiro atoms. The first kappa shape index (κ1) is 13.9. The number of carbonyl (C=O) groups excluding carboxylic acids is 1. The van der Waals surface area contributed by atoms with Crippen molar-refractivity contribution < 1.29 is 14.7 Å². The van der Waals surface area contributed by atoms with Crippen LogP contribution in [0.2, 0.25) is 0 Å². The maximum absolute atomic E-state index is 12.4. The van der Waals surface area contributed by atoms with Gasteiger partial charge in [0, 0.05) is 18.1 Å². The molecule has 2 N–H and O–H groups in total. The first-order chi connectivity index (χ1) is 10.5. The first-order valence-electron chi connectivity index (χ1n) is 6.67. The molecule has 6 nitrogen and oxygen atoms in total. The van der Waals surface area contributed by atoms with E-state index in [2.05, 4.69) is 15.3 Å². The van der Waals surface area contributed by atoms with Crippen LogP contribution in [0.25, 0.3) is 0 Å². The van der Waals surface area contributed by atoms with Crippen LogP contribution in [0.1, 0.15) is 22.8 Å². The second-order valence-electron chi connectivity index (χ2n) is 5.07. The maximum Gasteiger partial charge on any atom is 0.408 e. The van der Waals surface area contributed by atoms with Crippen LogP contribution in [0.5, 0.6) is 0 Å². The highest BCUT2D eigenvalue weighted by atomic mass is 16.4. The maximum atomic E-state index is 12.4. The third-order valence-electron chi connectivity index (χ3n) is 3.29. The average molecular weight is 295 g/mol. The van der Waals surface area contributed by atoms with Crippen molar-refractivity contribution in [2.75, 3.05) is 0 Å². The van der Waals surface area contributed by atoms with E-state index in [1.165, 1.54) is 0 Å². The molecule has 0 saturated carbocycles. The summed E-state index contributed by atoms with van der Waals surface area (Å²) in [5.74, 6) is -1.36. The zero-order valence-electron chi connectivity index (χ0n) is 11.8. The van der Waals surface area contributed by atoms with Crippen LogP contribution in [-0.2, 0) is 0 Å². The quantitative estimate of drug-likeness (QED) is 0.831. The molecule has 1 amide bonds. The minimum absolute atomic E-state index is 0.113. The largest absolute Gasteiger partial charge is 0.465 e. The lowest BCUT2D eigenvalue weighted by atomic mass is 10.0. The molecule has 3 rings (SSSR count). The number of rotatable bonds is 3. The van der Waals surface area contributed by atoms with E-state index in [-0.39, 0.29) is 5.78 Å². The number of carbonyl (C=O) groups is 2. The Kier molecular flexibility index (Phi) is 3.21. The summed E-state index contributed by atoms with van der Waals surface area (Å²) in [6, 6.07) is 13.9. The molecule has 0 saturated heterocycles. The minimum atomic E-state index is -1.25. The van der Waals surface area contributed by atoms with E-state index in [4.69, 9.17) is 5.11 Å². The van der Waals surface area contributed by atoms with Crippen LogP contribution in [0.4, 0.5) is 4.79 Å². The topological polar surface area (TPSA) is 91.1 Å². The number of amides is 1. The Morgan fingerprint density at radius 3 is 2.36 bits per heavy atom. The van der Waals surface area contributed by atoms with E-state index in [9.17, 15) is 9.59 Å². The summed E-state index contributed by atoms with van der Waals surface area (Å²) in [5, 5.41) is 12.1. The molecule has 6 heteroatoms. The molecule has 0 fully saturated rings. The van der Waals surface area contributed by atoms with Gasteiger partial charge in [0.15, 0.2) is 5.78 Å². The van der Waals surface area contributed by atoms with Crippen LogP contribution in [0.3, 0.4) is 0 Å². The third kappa shape index (κ3) is 2.58. The van der Waals surface area contributed by atoms with Gasteiger partial charge in [0.25, 0.3) is 0 Å². The number of hydrogen-bond acceptors (Lipinski definition) is 4. The molecule has 1 unspecified atom stereocenters. The van der Waals surface area contributed by atoms with E-state index in [1.54, 1.807) is 49.4 Å². The van der Waals surface area contributed by atoms with Gasteiger partial charge in [0.05, 0.1) is 10.7 Å². The minimum Gasteiger partial charge on any atom is -0.465 e. The smallest absolute Gasteiger partial charge is 0.408 e. The van der Waals surface area contributed by atoms with Crippen molar-refractivity contribution in [1.29, 1.82) is 0 Å². The molecule has 1 heterocycles. The molecular weight excluding hydrogens is 282 g/mol. The van der Waals surface area contributed by atoms with Crippen molar-refractivity contribution in [2.24, 2.45) is 9.98 Å². The summed E-state index contributed by atoms with van der Waals surface area (Å²) in [5.41, 5.74) is 1.08. The van der Waals surface area contributed by atoms with Crippen molar-refractivity contribution in [3.63, 3.8) is 0 Å². The summed E-state index contributed by atoms with van der Waals surface area (Å²) in [7, 11) is 0. The summed E-state index contributed by atoms with van der Waals surface area (Å²) in [6.07, 6.45) is -1.21. The number of fused-ring (bicyclic) bond motifs is 1. The number of benzene rings is 2. The fourth-order valence-corrected chi connectivity index (χ4v) is 2.36. The van der Waals surface area contributed by atoms with Gasteiger partial charge < -0.3 is 5.11 Å². The zero-order chi connectivity index (χ0) is 15.7. The highest BCUT2D eigenvalue weighted by Gasteiger charge is 2.27. The molecule has 0 aliphatic carbocycles. The van der Waals surface area contributed by atoms with Crippen LogP contribution in [0.15, 0.2) is 58.5 Å². The molecule has 2 aromatic carbocycles. The van der Waals surface area contributed by atoms with Crippen molar-refractivity contribution in [3.05, 3.63) is 70.4 Å². The number of nitrogens with zero attached hydrogens (tertiary/aromatic N) is 2. The first-order valence-corrected chi connectivity index (χ1v) is 6.67. The summed E-state index contributed by atoms with van der Waals surface area (Å²) in [4.78, 5) is 31.7. The van der Waals surface area contributed by atoms with E-state index in [1.807, 2.05) is 6.07 Å². The summed E-state index contributed by atoms with van der Waals surface area (Å²) >= 11 is 0. The number of carboxylic acid groups (broad SMARTS) is 1. The van der Waals surface area contributed by atoms with Crippen LogP contribution >= 0.6 is 0 Å². The van der Waals surface area contributed by atoms with Gasteiger partial charge in [0.2, 0.25) is 5.79 Å². The van der Waals surface area contributed by atoms with E-state index >= 15 is 0 Å². The molecular formula is C16H13N3O3. The fourth-order valence-electron chi connectivity index (χ4n) is 2.36. The van der Waals surface area contributed by atoms with Gasteiger partial charge in [-0.15, -0.1) is 0 Å². The van der Waals surface area contributed by atoms with Gasteiger partial charge in [-0.25, -0.2) is 14.8 Å². The number of nitrogens with one attached hydrogen (secondary N) is 1. The van der Waals surface area contributed by atoms with Crippen LogP contribution < -0.4 is 16.0 Å².